The molecule has 3 heteroatoms. The van der Waals surface area contributed by atoms with E-state index in [1.807, 2.05) is 19.9 Å². The molecular weight excluding hydrogens is 377 g/mol. The Balaban J connectivity index is 1.76. The minimum atomic E-state index is -0.285. The lowest BCUT2D eigenvalue weighted by molar-refractivity contribution is 0.625. The fourth-order valence-electron chi connectivity index (χ4n) is 4.33. The maximum absolute atomic E-state index is 14.9. The van der Waals surface area contributed by atoms with Crippen LogP contribution in [0.5, 0.6) is 0 Å². The van der Waals surface area contributed by atoms with Gasteiger partial charge >= 0.3 is 0 Å². The Labute approximate surface area is 173 Å². The van der Waals surface area contributed by atoms with Crippen molar-refractivity contribution >= 4 is 31.5 Å². The van der Waals surface area contributed by atoms with Crippen LogP contribution in [0.1, 0.15) is 16.7 Å². The minimum Gasteiger partial charge on any atom is -0.253 e. The quantitative estimate of drug-likeness (QED) is 0.295. The Morgan fingerprint density at radius 1 is 0.793 bits per heavy atom. The zero-order valence-corrected chi connectivity index (χ0v) is 17.4. The van der Waals surface area contributed by atoms with E-state index >= 15 is 0 Å². The van der Waals surface area contributed by atoms with Crippen molar-refractivity contribution < 1.29 is 4.39 Å². The lowest BCUT2D eigenvalue weighted by atomic mass is 9.93. The van der Waals surface area contributed by atoms with Crippen molar-refractivity contribution in [2.24, 2.45) is 0 Å². The lowest BCUT2D eigenvalue weighted by Gasteiger charge is -2.14. The van der Waals surface area contributed by atoms with Gasteiger partial charge in [0.1, 0.15) is 5.82 Å². The summed E-state index contributed by atoms with van der Waals surface area (Å²) >= 11 is 1.76. The number of halogens is 1. The number of hydrogen-bond acceptors (Lipinski definition) is 2. The molecule has 2 aromatic heterocycles. The molecule has 0 fully saturated rings. The number of aryl methyl sites for hydroxylation is 3. The number of aromatic nitrogens is 1. The molecule has 0 amide bonds. The number of pyridine rings is 1. The summed E-state index contributed by atoms with van der Waals surface area (Å²) in [7, 11) is 0. The number of rotatable bonds is 2. The highest BCUT2D eigenvalue weighted by Gasteiger charge is 2.16. The highest BCUT2D eigenvalue weighted by molar-refractivity contribution is 7.26. The van der Waals surface area contributed by atoms with Gasteiger partial charge in [-0.1, -0.05) is 54.1 Å². The van der Waals surface area contributed by atoms with Gasteiger partial charge in [-0.05, 0) is 49.6 Å². The summed E-state index contributed by atoms with van der Waals surface area (Å²) < 4.78 is 17.3. The van der Waals surface area contributed by atoms with Crippen LogP contribution in [0.4, 0.5) is 4.39 Å². The Morgan fingerprint density at radius 3 is 2.31 bits per heavy atom. The van der Waals surface area contributed by atoms with Gasteiger partial charge in [-0.3, -0.25) is 4.98 Å². The van der Waals surface area contributed by atoms with Gasteiger partial charge in [0.2, 0.25) is 0 Å². The summed E-state index contributed by atoms with van der Waals surface area (Å²) in [5.41, 5.74) is 6.78. The average molecular weight is 398 g/mol. The molecule has 142 valence electrons. The van der Waals surface area contributed by atoms with E-state index in [1.165, 1.54) is 31.9 Å². The van der Waals surface area contributed by atoms with Crippen molar-refractivity contribution in [2.45, 2.75) is 20.8 Å². The van der Waals surface area contributed by atoms with Crippen molar-refractivity contribution in [3.8, 4) is 22.4 Å². The number of fused-ring (bicyclic) bond motifs is 3. The van der Waals surface area contributed by atoms with E-state index in [-0.39, 0.29) is 5.82 Å². The summed E-state index contributed by atoms with van der Waals surface area (Å²) in [5, 5.41) is 2.47. The van der Waals surface area contributed by atoms with Crippen LogP contribution in [0.25, 0.3) is 42.6 Å². The molecule has 0 unspecified atom stereocenters. The molecule has 0 aliphatic rings. The number of nitrogens with zero attached hydrogens (tertiary/aromatic N) is 1. The van der Waals surface area contributed by atoms with Gasteiger partial charge < -0.3 is 0 Å². The molecule has 0 atom stereocenters. The van der Waals surface area contributed by atoms with Crippen molar-refractivity contribution in [1.82, 2.24) is 4.98 Å². The Hall–Kier alpha value is -3.04. The molecule has 0 N–H and O–H groups in total. The zero-order valence-electron chi connectivity index (χ0n) is 16.6. The summed E-state index contributed by atoms with van der Waals surface area (Å²) in [6.45, 7) is 6.16. The van der Waals surface area contributed by atoms with E-state index in [2.05, 4.69) is 66.5 Å². The molecule has 0 saturated carbocycles. The predicted octanol–water partition coefficient (Wildman–Crippen LogP) is 7.85. The zero-order chi connectivity index (χ0) is 20.1. The maximum Gasteiger partial charge on any atom is 0.149 e. The summed E-state index contributed by atoms with van der Waals surface area (Å²) in [4.78, 5) is 4.46. The standard InChI is InChI=1S/C26H20FNS/c1-15-11-16(2)25(17(3)12-15)21-13-23(28-14-22(21)27)20-9-6-8-19-18-7-4-5-10-24(18)29-26(19)20/h4-14H,1-3H3. The molecule has 0 saturated heterocycles. The summed E-state index contributed by atoms with van der Waals surface area (Å²) in [6.07, 6.45) is 1.36. The van der Waals surface area contributed by atoms with Gasteiger partial charge in [0.25, 0.3) is 0 Å². The van der Waals surface area contributed by atoms with Crippen molar-refractivity contribution in [3.05, 3.63) is 89.4 Å². The van der Waals surface area contributed by atoms with Gasteiger partial charge in [-0.15, -0.1) is 11.3 Å². The molecule has 0 bridgehead atoms. The van der Waals surface area contributed by atoms with E-state index in [0.29, 0.717) is 5.56 Å². The molecule has 2 heterocycles. The van der Waals surface area contributed by atoms with Crippen molar-refractivity contribution in [1.29, 1.82) is 0 Å². The van der Waals surface area contributed by atoms with Crippen molar-refractivity contribution in [2.75, 3.05) is 0 Å². The molecule has 0 spiro atoms. The minimum absolute atomic E-state index is 0.285. The normalized spacial score (nSPS) is 11.4. The molecule has 5 aromatic rings. The fourth-order valence-corrected chi connectivity index (χ4v) is 5.56. The van der Waals surface area contributed by atoms with E-state index in [4.69, 9.17) is 0 Å². The Morgan fingerprint density at radius 2 is 1.52 bits per heavy atom. The highest BCUT2D eigenvalue weighted by atomic mass is 32.1. The highest BCUT2D eigenvalue weighted by Crippen LogP contribution is 2.40. The second-order valence-electron chi connectivity index (χ2n) is 7.60. The van der Waals surface area contributed by atoms with Crippen LogP contribution >= 0.6 is 11.3 Å². The van der Waals surface area contributed by atoms with Crippen LogP contribution in [0, 0.1) is 26.6 Å². The van der Waals surface area contributed by atoms with Crippen molar-refractivity contribution in [3.63, 3.8) is 0 Å². The first-order valence-corrected chi connectivity index (χ1v) is 10.5. The third-order valence-electron chi connectivity index (χ3n) is 5.48. The van der Waals surface area contributed by atoms with Gasteiger partial charge in [0.05, 0.1) is 11.9 Å². The maximum atomic E-state index is 14.9. The lowest BCUT2D eigenvalue weighted by Crippen LogP contribution is -1.95. The SMILES string of the molecule is Cc1cc(C)c(-c2cc(-c3cccc4c3sc3ccccc34)ncc2F)c(C)c1. The molecule has 0 aliphatic carbocycles. The van der Waals surface area contributed by atoms with Crippen LogP contribution in [0.3, 0.4) is 0 Å². The first kappa shape index (κ1) is 18.0. The number of benzene rings is 3. The fraction of sp³-hybridized carbons (Fsp3) is 0.115. The summed E-state index contributed by atoms with van der Waals surface area (Å²) in [6, 6.07) is 20.8. The number of hydrogen-bond donors (Lipinski definition) is 0. The van der Waals surface area contributed by atoms with Gasteiger partial charge in [-0.2, -0.15) is 0 Å². The first-order chi connectivity index (χ1) is 14.0. The number of thiophene rings is 1. The largest absolute Gasteiger partial charge is 0.253 e. The first-order valence-electron chi connectivity index (χ1n) is 9.67. The van der Waals surface area contributed by atoms with Crippen LogP contribution in [-0.4, -0.2) is 4.98 Å². The van der Waals surface area contributed by atoms with Crippen LogP contribution < -0.4 is 0 Å². The topological polar surface area (TPSA) is 12.9 Å². The van der Waals surface area contributed by atoms with Crippen LogP contribution in [0.2, 0.25) is 0 Å². The van der Waals surface area contributed by atoms with E-state index in [1.54, 1.807) is 11.3 Å². The predicted molar refractivity (Wildman–Crippen MR) is 122 cm³/mol. The second kappa shape index (κ2) is 6.78. The molecule has 0 aliphatic heterocycles. The molecule has 29 heavy (non-hydrogen) atoms. The second-order valence-corrected chi connectivity index (χ2v) is 8.66. The Bertz CT molecular complexity index is 1370. The third-order valence-corrected chi connectivity index (χ3v) is 6.70. The molecule has 1 nitrogen and oxygen atoms in total. The van der Waals surface area contributed by atoms with Crippen LogP contribution in [-0.2, 0) is 0 Å². The molecule has 5 rings (SSSR count). The van der Waals surface area contributed by atoms with Crippen LogP contribution in [0.15, 0.2) is 66.9 Å². The molecule has 0 radical (unpaired) electrons. The average Bonchev–Trinajstić information content (AvgIpc) is 3.07. The van der Waals surface area contributed by atoms with Gasteiger partial charge in [0.15, 0.2) is 0 Å². The van der Waals surface area contributed by atoms with E-state index in [9.17, 15) is 4.39 Å². The van der Waals surface area contributed by atoms with Gasteiger partial charge in [-0.25, -0.2) is 4.39 Å². The van der Waals surface area contributed by atoms with E-state index in [0.717, 1.165) is 27.9 Å². The Kier molecular flexibility index (Phi) is 4.21. The summed E-state index contributed by atoms with van der Waals surface area (Å²) in [5.74, 6) is -0.285. The molecule has 3 aromatic carbocycles. The van der Waals surface area contributed by atoms with Gasteiger partial charge in [0, 0.05) is 31.3 Å². The third kappa shape index (κ3) is 2.93. The monoisotopic (exact) mass is 397 g/mol. The van der Waals surface area contributed by atoms with E-state index < -0.39 is 0 Å². The molecular formula is C26H20FNS. The smallest absolute Gasteiger partial charge is 0.149 e.